The molecule has 5 aliphatic rings. The Bertz CT molecular complexity index is 1670. The van der Waals surface area contributed by atoms with Crippen LogP contribution in [0.5, 0.6) is 0 Å². The minimum atomic E-state index is -1.15. The molecule has 6 rings (SSSR count). The van der Waals surface area contributed by atoms with Crippen molar-refractivity contribution in [1.29, 1.82) is 0 Å². The van der Waals surface area contributed by atoms with Gasteiger partial charge in [0.2, 0.25) is 0 Å². The number of aromatic nitrogens is 1. The van der Waals surface area contributed by atoms with Crippen molar-refractivity contribution in [3.63, 3.8) is 0 Å². The third-order valence-electron chi connectivity index (χ3n) is 17.1. The SMILES string of the molecule is COCCNCCN(CC[C@@]12CC[C@]3(C)[C@H](CCC4[C@@]5(C)CC[C@H](OC(=O)CC(C)(C)C(=O)O)C(C)(C)C5CC[C@]43C)C1=C(C(C)C)C(=O)C2)Cc1ccccn1. The number of hydrogen-bond donors (Lipinski definition) is 2. The van der Waals surface area contributed by atoms with Gasteiger partial charge >= 0.3 is 11.9 Å². The molecule has 0 aliphatic heterocycles. The first-order valence-corrected chi connectivity index (χ1v) is 22.3. The summed E-state index contributed by atoms with van der Waals surface area (Å²) >= 11 is 0. The summed E-state index contributed by atoms with van der Waals surface area (Å²) in [5.74, 6) is 0.572. The monoisotopic (exact) mass is 790 g/mol. The van der Waals surface area contributed by atoms with Gasteiger partial charge in [0.25, 0.3) is 0 Å². The number of carbonyl (C=O) groups excluding carboxylic acids is 2. The van der Waals surface area contributed by atoms with E-state index in [0.29, 0.717) is 36.6 Å². The fourth-order valence-corrected chi connectivity index (χ4v) is 13.8. The highest BCUT2D eigenvalue weighted by Gasteiger charge is 2.70. The Kier molecular flexibility index (Phi) is 12.7. The van der Waals surface area contributed by atoms with Gasteiger partial charge in [-0.1, -0.05) is 60.1 Å². The number of fused-ring (bicyclic) bond motifs is 7. The van der Waals surface area contributed by atoms with Crippen LogP contribution in [0.4, 0.5) is 0 Å². The van der Waals surface area contributed by atoms with E-state index >= 15 is 0 Å². The quantitative estimate of drug-likeness (QED) is 0.125. The standard InChI is InChI=1S/C48H75N3O6/c1-32(2)40-35(52)29-48(22-26-51(27-24-49-25-28-56-10)31-33-13-11-12-23-50-33)21-20-46(8)34(41(40)48)14-15-37-45(7)18-17-38(57-39(53)30-43(3,4)42(54)55)44(5,6)36(45)16-19-47(37,46)9/h11-13,23,32,34,36-38,49H,14-22,24-31H2,1-10H3,(H,54,55)/t34-,36?,37?,38+,45+,46-,47-,48-/m1/s1. The van der Waals surface area contributed by atoms with Gasteiger partial charge in [0.15, 0.2) is 5.78 Å². The van der Waals surface area contributed by atoms with Crippen LogP contribution in [0.1, 0.15) is 139 Å². The number of carboxylic acid groups (broad SMARTS) is 1. The number of Topliss-reactive ketones (excluding diaryl/α,β-unsaturated/α-hetero) is 1. The van der Waals surface area contributed by atoms with Crippen molar-refractivity contribution in [2.45, 2.75) is 146 Å². The zero-order valence-electron chi connectivity index (χ0n) is 37.1. The van der Waals surface area contributed by atoms with E-state index < -0.39 is 17.4 Å². The number of nitrogens with zero attached hydrogens (tertiary/aromatic N) is 2. The van der Waals surface area contributed by atoms with Gasteiger partial charge in [0.1, 0.15) is 6.10 Å². The fraction of sp³-hybridized carbons (Fsp3) is 0.792. The van der Waals surface area contributed by atoms with E-state index in [0.717, 1.165) is 102 Å². The van der Waals surface area contributed by atoms with E-state index in [1.807, 2.05) is 12.3 Å². The highest BCUT2D eigenvalue weighted by Crippen LogP contribution is 2.77. The molecule has 318 valence electrons. The highest BCUT2D eigenvalue weighted by atomic mass is 16.5. The molecule has 1 heterocycles. The average molecular weight is 790 g/mol. The molecule has 0 amide bonds. The lowest BCUT2D eigenvalue weighted by Crippen LogP contribution is -2.65. The van der Waals surface area contributed by atoms with Gasteiger partial charge in [-0.3, -0.25) is 24.3 Å². The van der Waals surface area contributed by atoms with E-state index in [4.69, 9.17) is 9.47 Å². The maximum Gasteiger partial charge on any atom is 0.309 e. The summed E-state index contributed by atoms with van der Waals surface area (Å²) in [6.07, 6.45) is 11.8. The van der Waals surface area contributed by atoms with E-state index in [9.17, 15) is 19.5 Å². The molecular weight excluding hydrogens is 715 g/mol. The number of rotatable bonds is 16. The number of carboxylic acids is 1. The lowest BCUT2D eigenvalue weighted by atomic mass is 9.33. The van der Waals surface area contributed by atoms with Crippen molar-refractivity contribution in [2.24, 2.45) is 56.2 Å². The van der Waals surface area contributed by atoms with Crippen molar-refractivity contribution in [3.05, 3.63) is 41.2 Å². The predicted octanol–water partition coefficient (Wildman–Crippen LogP) is 8.90. The van der Waals surface area contributed by atoms with Crippen LogP contribution < -0.4 is 5.32 Å². The Morgan fingerprint density at radius 1 is 0.965 bits per heavy atom. The summed E-state index contributed by atoms with van der Waals surface area (Å²) in [5, 5.41) is 13.2. The molecular formula is C48H75N3O6. The topological polar surface area (TPSA) is 118 Å². The summed E-state index contributed by atoms with van der Waals surface area (Å²) in [6.45, 7) is 25.1. The summed E-state index contributed by atoms with van der Waals surface area (Å²) in [6, 6.07) is 6.17. The van der Waals surface area contributed by atoms with Crippen LogP contribution in [0.2, 0.25) is 0 Å². The third-order valence-corrected chi connectivity index (χ3v) is 17.1. The minimum Gasteiger partial charge on any atom is -0.481 e. The molecule has 2 N–H and O–H groups in total. The van der Waals surface area contributed by atoms with Gasteiger partial charge in [-0.2, -0.15) is 0 Å². The number of allylic oxidation sites excluding steroid dienone is 2. The van der Waals surface area contributed by atoms with Gasteiger partial charge in [-0.15, -0.1) is 0 Å². The van der Waals surface area contributed by atoms with Gasteiger partial charge < -0.3 is 19.9 Å². The maximum absolute atomic E-state index is 14.3. The molecule has 1 aromatic rings. The van der Waals surface area contributed by atoms with Crippen molar-refractivity contribution in [2.75, 3.05) is 39.9 Å². The number of ketones is 1. The van der Waals surface area contributed by atoms with Crippen LogP contribution in [0.25, 0.3) is 0 Å². The predicted molar refractivity (Wildman–Crippen MR) is 224 cm³/mol. The van der Waals surface area contributed by atoms with E-state index in [1.165, 1.54) is 0 Å². The Hall–Kier alpha value is -2.62. The minimum absolute atomic E-state index is 0.0856. The molecule has 0 saturated heterocycles. The largest absolute Gasteiger partial charge is 0.481 e. The first kappa shape index (κ1) is 43.9. The summed E-state index contributed by atoms with van der Waals surface area (Å²) in [7, 11) is 1.74. The molecule has 0 aromatic carbocycles. The molecule has 8 atom stereocenters. The number of pyridine rings is 1. The molecule has 4 saturated carbocycles. The van der Waals surface area contributed by atoms with Crippen molar-refractivity contribution in [3.8, 4) is 0 Å². The third kappa shape index (κ3) is 7.92. The van der Waals surface area contributed by atoms with E-state index in [2.05, 4.69) is 75.8 Å². The van der Waals surface area contributed by atoms with Crippen LogP contribution in [0.15, 0.2) is 35.5 Å². The fourth-order valence-electron chi connectivity index (χ4n) is 13.8. The van der Waals surface area contributed by atoms with E-state index in [1.54, 1.807) is 26.5 Å². The first-order valence-electron chi connectivity index (χ1n) is 22.3. The normalized spacial score (nSPS) is 34.8. The second-order valence-electron chi connectivity index (χ2n) is 21.3. The molecule has 9 nitrogen and oxygen atoms in total. The van der Waals surface area contributed by atoms with Crippen LogP contribution in [-0.2, 0) is 30.4 Å². The van der Waals surface area contributed by atoms with Crippen molar-refractivity contribution >= 4 is 17.7 Å². The Morgan fingerprint density at radius 3 is 2.39 bits per heavy atom. The Balaban J connectivity index is 1.24. The van der Waals surface area contributed by atoms with Crippen LogP contribution in [0, 0.1) is 56.2 Å². The highest BCUT2D eigenvalue weighted by molar-refractivity contribution is 6.00. The average Bonchev–Trinajstić information content (AvgIpc) is 3.44. The molecule has 5 aliphatic carbocycles. The number of ether oxygens (including phenoxy) is 2. The molecule has 0 bridgehead atoms. The molecule has 0 spiro atoms. The second kappa shape index (κ2) is 16.4. The summed E-state index contributed by atoms with van der Waals surface area (Å²) < 4.78 is 11.5. The number of esters is 1. The van der Waals surface area contributed by atoms with Gasteiger partial charge in [0.05, 0.1) is 24.1 Å². The zero-order valence-corrected chi connectivity index (χ0v) is 37.1. The zero-order chi connectivity index (χ0) is 41.6. The lowest BCUT2D eigenvalue weighted by Gasteiger charge is -2.72. The van der Waals surface area contributed by atoms with Crippen LogP contribution in [0.3, 0.4) is 0 Å². The molecule has 0 radical (unpaired) electrons. The molecule has 4 fully saturated rings. The first-order chi connectivity index (χ1) is 26.8. The number of carbonyl (C=O) groups is 3. The molecule has 1 aromatic heterocycles. The van der Waals surface area contributed by atoms with Crippen LogP contribution in [-0.4, -0.2) is 78.7 Å². The lowest BCUT2D eigenvalue weighted by molar-refractivity contribution is -0.233. The van der Waals surface area contributed by atoms with Crippen molar-refractivity contribution < 1.29 is 29.0 Å². The number of hydrogen-bond acceptors (Lipinski definition) is 8. The smallest absolute Gasteiger partial charge is 0.309 e. The van der Waals surface area contributed by atoms with Gasteiger partial charge in [-0.05, 0) is 136 Å². The second-order valence-corrected chi connectivity index (χ2v) is 21.3. The van der Waals surface area contributed by atoms with Crippen molar-refractivity contribution in [1.82, 2.24) is 15.2 Å². The Labute approximate surface area is 343 Å². The summed E-state index contributed by atoms with van der Waals surface area (Å²) in [5.41, 5.74) is 2.63. The number of aliphatic carboxylic acids is 1. The summed E-state index contributed by atoms with van der Waals surface area (Å²) in [4.78, 5) is 46.5. The number of nitrogens with one attached hydrogen (secondary N) is 1. The number of methoxy groups -OCH3 is 1. The van der Waals surface area contributed by atoms with Crippen LogP contribution >= 0.6 is 0 Å². The van der Waals surface area contributed by atoms with Gasteiger partial charge in [-0.25, -0.2) is 0 Å². The van der Waals surface area contributed by atoms with Gasteiger partial charge in [0, 0.05) is 56.7 Å². The molecule has 2 unspecified atom stereocenters. The molecule has 57 heavy (non-hydrogen) atoms. The molecule has 9 heteroatoms. The maximum atomic E-state index is 14.3. The van der Waals surface area contributed by atoms with E-state index in [-0.39, 0.29) is 45.5 Å². The Morgan fingerprint density at radius 2 is 1.72 bits per heavy atom.